The molecule has 0 amide bonds. The van der Waals surface area contributed by atoms with E-state index in [4.69, 9.17) is 4.74 Å². The van der Waals surface area contributed by atoms with Gasteiger partial charge in [-0.05, 0) is 0 Å². The normalized spacial score (nSPS) is 8.77. The van der Waals surface area contributed by atoms with Gasteiger partial charge in [0.05, 0.1) is 0 Å². The Morgan fingerprint density at radius 3 is 1.77 bits per heavy atom. The molecule has 13 heavy (non-hydrogen) atoms. The van der Waals surface area contributed by atoms with Crippen molar-refractivity contribution in [2.75, 3.05) is 13.7 Å². The number of hydrogen-bond acceptors (Lipinski definition) is 1. The molecule has 0 fully saturated rings. The van der Waals surface area contributed by atoms with Gasteiger partial charge in [0.2, 0.25) is 0 Å². The van der Waals surface area contributed by atoms with Crippen molar-refractivity contribution in [3.63, 3.8) is 0 Å². The maximum atomic E-state index is 4.89. The molecule has 0 aliphatic rings. The van der Waals surface area contributed by atoms with Crippen LogP contribution in [0.4, 0.5) is 0 Å². The van der Waals surface area contributed by atoms with E-state index in [-0.39, 0.29) is 51.4 Å². The van der Waals surface area contributed by atoms with Crippen molar-refractivity contribution in [1.29, 1.82) is 0 Å². The first-order valence-electron chi connectivity index (χ1n) is 5.03. The number of hydrogen-bond donors (Lipinski definition) is 0. The molecule has 0 atom stereocenters. The fourth-order valence-electron chi connectivity index (χ4n) is 0.453. The van der Waals surface area contributed by atoms with E-state index < -0.39 is 0 Å². The molecule has 0 aliphatic carbocycles. The standard InChI is InChI=1S/C7H15O.C4H10.K/c1-4-7(2)5-6-8-3;1-3-4-2;/h4-6H2,1-3H3;3-4H2,1-2H3;/q-1;;+1. The molecule has 0 aliphatic heterocycles. The molecular formula is C11H25KO. The first-order valence-corrected chi connectivity index (χ1v) is 5.03. The fourth-order valence-corrected chi connectivity index (χ4v) is 0.453. The van der Waals surface area contributed by atoms with Gasteiger partial charge in [0, 0.05) is 13.7 Å². The largest absolute Gasteiger partial charge is 1.00 e. The van der Waals surface area contributed by atoms with Crippen molar-refractivity contribution in [1.82, 2.24) is 0 Å². The van der Waals surface area contributed by atoms with Crippen molar-refractivity contribution >= 4 is 0 Å². The molecule has 0 rings (SSSR count). The molecule has 0 heterocycles. The zero-order valence-corrected chi connectivity index (χ0v) is 13.6. The van der Waals surface area contributed by atoms with Gasteiger partial charge in [-0.1, -0.05) is 33.6 Å². The third-order valence-corrected chi connectivity index (χ3v) is 1.84. The maximum absolute atomic E-state index is 4.89. The average Bonchev–Trinajstić information content (AvgIpc) is 2.14. The summed E-state index contributed by atoms with van der Waals surface area (Å²) in [5.74, 6) is 1.52. The van der Waals surface area contributed by atoms with Crippen LogP contribution in [0.5, 0.6) is 0 Å². The van der Waals surface area contributed by atoms with Crippen LogP contribution in [-0.2, 0) is 4.74 Å². The Morgan fingerprint density at radius 1 is 1.08 bits per heavy atom. The van der Waals surface area contributed by atoms with E-state index in [1.165, 1.54) is 25.2 Å². The van der Waals surface area contributed by atoms with Crippen LogP contribution in [0.15, 0.2) is 0 Å². The van der Waals surface area contributed by atoms with Crippen molar-refractivity contribution in [3.05, 3.63) is 5.92 Å². The van der Waals surface area contributed by atoms with Crippen molar-refractivity contribution < 1.29 is 56.1 Å². The summed E-state index contributed by atoms with van der Waals surface area (Å²) in [5.41, 5.74) is 0. The van der Waals surface area contributed by atoms with Crippen LogP contribution in [-0.4, -0.2) is 13.7 Å². The topological polar surface area (TPSA) is 9.23 Å². The summed E-state index contributed by atoms with van der Waals surface area (Å²) < 4.78 is 4.89. The Morgan fingerprint density at radius 2 is 1.54 bits per heavy atom. The molecule has 76 valence electrons. The molecule has 0 aromatic rings. The van der Waals surface area contributed by atoms with Gasteiger partial charge in [-0.3, -0.25) is 0 Å². The second-order valence-electron chi connectivity index (χ2n) is 3.05. The monoisotopic (exact) mass is 212 g/mol. The molecule has 0 radical (unpaired) electrons. The van der Waals surface area contributed by atoms with Crippen molar-refractivity contribution in [2.45, 2.75) is 53.4 Å². The Kier molecular flexibility index (Phi) is 29.7. The molecule has 0 saturated carbocycles. The smallest absolute Gasteiger partial charge is 0.387 e. The fraction of sp³-hybridized carbons (Fsp3) is 0.909. The molecule has 0 bridgehead atoms. The van der Waals surface area contributed by atoms with E-state index in [0.717, 1.165) is 13.0 Å². The van der Waals surface area contributed by atoms with Gasteiger partial charge in [0.15, 0.2) is 0 Å². The molecule has 2 heteroatoms. The van der Waals surface area contributed by atoms with Crippen LogP contribution in [0.3, 0.4) is 0 Å². The molecule has 0 aromatic carbocycles. The zero-order chi connectivity index (χ0) is 9.82. The van der Waals surface area contributed by atoms with E-state index in [9.17, 15) is 0 Å². The van der Waals surface area contributed by atoms with Crippen LogP contribution in [0, 0.1) is 5.92 Å². The van der Waals surface area contributed by atoms with Crippen molar-refractivity contribution in [2.24, 2.45) is 0 Å². The number of rotatable bonds is 5. The van der Waals surface area contributed by atoms with Crippen molar-refractivity contribution in [3.8, 4) is 0 Å². The molecule has 0 saturated heterocycles. The minimum atomic E-state index is 0. The number of methoxy groups -OCH3 is 1. The van der Waals surface area contributed by atoms with Gasteiger partial charge < -0.3 is 10.7 Å². The van der Waals surface area contributed by atoms with Gasteiger partial charge in [-0.2, -0.15) is 19.8 Å². The number of unbranched alkanes of at least 4 members (excludes halogenated alkanes) is 1. The minimum Gasteiger partial charge on any atom is -0.387 e. The first-order chi connectivity index (χ1) is 5.72. The van der Waals surface area contributed by atoms with Gasteiger partial charge in [-0.25, -0.2) is 0 Å². The molecule has 0 spiro atoms. The van der Waals surface area contributed by atoms with Gasteiger partial charge in [-0.15, -0.1) is 0 Å². The van der Waals surface area contributed by atoms with Crippen LogP contribution < -0.4 is 51.4 Å². The molecular weight excluding hydrogens is 187 g/mol. The quantitative estimate of drug-likeness (QED) is 0.485. The Balaban J connectivity index is -0.000000173. The minimum absolute atomic E-state index is 0. The van der Waals surface area contributed by atoms with Crippen LogP contribution in [0.1, 0.15) is 53.4 Å². The zero-order valence-electron chi connectivity index (χ0n) is 10.4. The Hall–Kier alpha value is 1.60. The molecule has 1 nitrogen and oxygen atoms in total. The summed E-state index contributed by atoms with van der Waals surface area (Å²) >= 11 is 0. The second-order valence-corrected chi connectivity index (χ2v) is 3.05. The summed E-state index contributed by atoms with van der Waals surface area (Å²) in [6.07, 6.45) is 4.94. The SMILES string of the molecule is CCCC.CC[C-](C)CCOC.[K+]. The van der Waals surface area contributed by atoms with E-state index in [0.29, 0.717) is 0 Å². The van der Waals surface area contributed by atoms with Crippen LogP contribution in [0.2, 0.25) is 0 Å². The van der Waals surface area contributed by atoms with Gasteiger partial charge >= 0.3 is 51.4 Å². The van der Waals surface area contributed by atoms with E-state index in [2.05, 4.69) is 27.7 Å². The predicted molar refractivity (Wildman–Crippen MR) is 56.3 cm³/mol. The Labute approximate surface area is 127 Å². The maximum Gasteiger partial charge on any atom is 1.00 e. The molecule has 0 unspecified atom stereocenters. The van der Waals surface area contributed by atoms with Gasteiger partial charge in [0.1, 0.15) is 0 Å². The summed E-state index contributed by atoms with van der Waals surface area (Å²) in [6.45, 7) is 9.57. The molecule has 0 N–H and O–H groups in total. The summed E-state index contributed by atoms with van der Waals surface area (Å²) in [7, 11) is 1.74. The summed E-state index contributed by atoms with van der Waals surface area (Å²) in [6, 6.07) is 0. The van der Waals surface area contributed by atoms with E-state index in [1.807, 2.05) is 0 Å². The number of ether oxygens (including phenoxy) is 1. The average molecular weight is 212 g/mol. The predicted octanol–water partition coefficient (Wildman–Crippen LogP) is 0.838. The van der Waals surface area contributed by atoms with E-state index >= 15 is 0 Å². The third kappa shape index (κ3) is 24.7. The summed E-state index contributed by atoms with van der Waals surface area (Å²) in [4.78, 5) is 0. The summed E-state index contributed by atoms with van der Waals surface area (Å²) in [5, 5.41) is 0. The van der Waals surface area contributed by atoms with Gasteiger partial charge in [0.25, 0.3) is 0 Å². The van der Waals surface area contributed by atoms with Crippen LogP contribution >= 0.6 is 0 Å². The third-order valence-electron chi connectivity index (χ3n) is 1.84. The molecule has 0 aromatic heterocycles. The Bertz CT molecular complexity index is 65.1. The van der Waals surface area contributed by atoms with Crippen LogP contribution in [0.25, 0.3) is 0 Å². The second kappa shape index (κ2) is 19.2. The first kappa shape index (κ1) is 20.1. The van der Waals surface area contributed by atoms with E-state index in [1.54, 1.807) is 7.11 Å².